The van der Waals surface area contributed by atoms with Crippen LogP contribution in [0.5, 0.6) is 0 Å². The maximum absolute atomic E-state index is 5.96. The highest BCUT2D eigenvalue weighted by molar-refractivity contribution is 6.33. The minimum atomic E-state index is 0.640. The highest BCUT2D eigenvalue weighted by Gasteiger charge is 2.10. The van der Waals surface area contributed by atoms with Crippen molar-refractivity contribution in [3.63, 3.8) is 0 Å². The molecule has 1 aromatic rings. The number of rotatable bonds is 2. The molecule has 1 aliphatic heterocycles. The van der Waals surface area contributed by atoms with Crippen LogP contribution in [0, 0.1) is 0 Å². The lowest BCUT2D eigenvalue weighted by Gasteiger charge is -2.26. The molecule has 82 valence electrons. The summed E-state index contributed by atoms with van der Waals surface area (Å²) in [6, 6.07) is 5.82. The van der Waals surface area contributed by atoms with E-state index in [4.69, 9.17) is 22.1 Å². The third-order valence-electron chi connectivity index (χ3n) is 2.57. The number of hydrogen-bond donors (Lipinski definition) is 1. The van der Waals surface area contributed by atoms with Crippen molar-refractivity contribution in [2.45, 2.75) is 6.54 Å². The average Bonchev–Trinajstić information content (AvgIpc) is 2.25. The Labute approximate surface area is 94.8 Å². The molecule has 1 aromatic carbocycles. The van der Waals surface area contributed by atoms with Gasteiger partial charge in [0.1, 0.15) is 0 Å². The monoisotopic (exact) mass is 226 g/mol. The molecule has 0 amide bonds. The van der Waals surface area contributed by atoms with Crippen LogP contribution in [0.25, 0.3) is 0 Å². The van der Waals surface area contributed by atoms with Crippen LogP contribution >= 0.6 is 11.6 Å². The number of nitrogen functional groups attached to an aromatic ring is 1. The van der Waals surface area contributed by atoms with Crippen molar-refractivity contribution in [1.29, 1.82) is 0 Å². The molecule has 1 aliphatic rings. The Kier molecular flexibility index (Phi) is 3.46. The predicted molar refractivity (Wildman–Crippen MR) is 62.0 cm³/mol. The number of nitrogens with zero attached hydrogens (tertiary/aromatic N) is 1. The summed E-state index contributed by atoms with van der Waals surface area (Å²) >= 11 is 5.96. The van der Waals surface area contributed by atoms with Gasteiger partial charge in [0.05, 0.1) is 23.9 Å². The Morgan fingerprint density at radius 2 is 2.07 bits per heavy atom. The molecule has 1 heterocycles. The largest absolute Gasteiger partial charge is 0.398 e. The first-order valence-electron chi connectivity index (χ1n) is 5.10. The van der Waals surface area contributed by atoms with E-state index in [1.807, 2.05) is 18.2 Å². The van der Waals surface area contributed by atoms with Crippen molar-refractivity contribution in [2.75, 3.05) is 32.0 Å². The molecule has 0 spiro atoms. The fourth-order valence-electron chi connectivity index (χ4n) is 1.69. The van der Waals surface area contributed by atoms with Crippen LogP contribution in [0.2, 0.25) is 5.02 Å². The summed E-state index contributed by atoms with van der Waals surface area (Å²) in [4.78, 5) is 2.35. The summed E-state index contributed by atoms with van der Waals surface area (Å²) in [5.41, 5.74) is 7.50. The van der Waals surface area contributed by atoms with Crippen LogP contribution in [0.3, 0.4) is 0 Å². The molecule has 1 saturated heterocycles. The second-order valence-electron chi connectivity index (χ2n) is 3.74. The highest BCUT2D eigenvalue weighted by atomic mass is 35.5. The van der Waals surface area contributed by atoms with Gasteiger partial charge in [-0.1, -0.05) is 17.7 Å². The summed E-state index contributed by atoms with van der Waals surface area (Å²) in [6.45, 7) is 4.54. The first-order chi connectivity index (χ1) is 7.25. The Balaban J connectivity index is 2.00. The molecule has 0 saturated carbocycles. The van der Waals surface area contributed by atoms with E-state index in [1.165, 1.54) is 5.56 Å². The molecule has 3 nitrogen and oxygen atoms in total. The van der Waals surface area contributed by atoms with Crippen LogP contribution in [0.4, 0.5) is 5.69 Å². The van der Waals surface area contributed by atoms with Gasteiger partial charge in [0.15, 0.2) is 0 Å². The van der Waals surface area contributed by atoms with Gasteiger partial charge in [0.25, 0.3) is 0 Å². The zero-order chi connectivity index (χ0) is 10.7. The van der Waals surface area contributed by atoms with Gasteiger partial charge in [-0.05, 0) is 17.7 Å². The minimum Gasteiger partial charge on any atom is -0.398 e. The topological polar surface area (TPSA) is 38.5 Å². The molecular formula is C11H15ClN2O. The Hall–Kier alpha value is -0.770. The summed E-state index contributed by atoms with van der Waals surface area (Å²) in [5.74, 6) is 0. The first-order valence-corrected chi connectivity index (χ1v) is 5.47. The number of morpholine rings is 1. The van der Waals surface area contributed by atoms with Gasteiger partial charge in [0.2, 0.25) is 0 Å². The number of anilines is 1. The Bertz CT molecular complexity index is 337. The first kappa shape index (κ1) is 10.7. The van der Waals surface area contributed by atoms with E-state index >= 15 is 0 Å². The quantitative estimate of drug-likeness (QED) is 0.781. The molecule has 1 fully saturated rings. The van der Waals surface area contributed by atoms with Crippen molar-refractivity contribution in [1.82, 2.24) is 4.90 Å². The van der Waals surface area contributed by atoms with Crippen LogP contribution in [-0.2, 0) is 11.3 Å². The third kappa shape index (κ3) is 2.84. The number of nitrogens with two attached hydrogens (primary N) is 1. The maximum atomic E-state index is 5.96. The van der Waals surface area contributed by atoms with E-state index in [2.05, 4.69) is 4.90 Å². The zero-order valence-corrected chi connectivity index (χ0v) is 9.33. The number of ether oxygens (including phenoxy) is 1. The van der Waals surface area contributed by atoms with E-state index < -0.39 is 0 Å². The third-order valence-corrected chi connectivity index (χ3v) is 2.90. The fourth-order valence-corrected chi connectivity index (χ4v) is 1.89. The van der Waals surface area contributed by atoms with Gasteiger partial charge < -0.3 is 10.5 Å². The lowest BCUT2D eigenvalue weighted by Crippen LogP contribution is -2.35. The molecule has 2 rings (SSSR count). The van der Waals surface area contributed by atoms with Crippen LogP contribution < -0.4 is 5.73 Å². The van der Waals surface area contributed by atoms with Crippen LogP contribution in [-0.4, -0.2) is 31.2 Å². The van der Waals surface area contributed by atoms with Gasteiger partial charge in [-0.25, -0.2) is 0 Å². The Morgan fingerprint density at radius 1 is 1.33 bits per heavy atom. The van der Waals surface area contributed by atoms with Crippen molar-refractivity contribution in [3.05, 3.63) is 28.8 Å². The summed E-state index contributed by atoms with van der Waals surface area (Å²) in [5, 5.41) is 0.640. The van der Waals surface area contributed by atoms with Crippen molar-refractivity contribution < 1.29 is 4.74 Å². The van der Waals surface area contributed by atoms with E-state index in [9.17, 15) is 0 Å². The van der Waals surface area contributed by atoms with Gasteiger partial charge in [-0.15, -0.1) is 0 Å². The lowest BCUT2D eigenvalue weighted by atomic mass is 10.2. The molecule has 0 aliphatic carbocycles. The van der Waals surface area contributed by atoms with Crippen LogP contribution in [0.15, 0.2) is 18.2 Å². The highest BCUT2D eigenvalue weighted by Crippen LogP contribution is 2.20. The van der Waals surface area contributed by atoms with E-state index in [0.29, 0.717) is 10.7 Å². The molecular weight excluding hydrogens is 212 g/mol. The molecule has 2 N–H and O–H groups in total. The second-order valence-corrected chi connectivity index (χ2v) is 4.15. The van der Waals surface area contributed by atoms with Gasteiger partial charge in [-0.2, -0.15) is 0 Å². The van der Waals surface area contributed by atoms with E-state index in [1.54, 1.807) is 0 Å². The van der Waals surface area contributed by atoms with E-state index in [0.717, 1.165) is 32.8 Å². The second kappa shape index (κ2) is 4.84. The molecule has 0 radical (unpaired) electrons. The number of halogens is 1. The van der Waals surface area contributed by atoms with E-state index in [-0.39, 0.29) is 0 Å². The summed E-state index contributed by atoms with van der Waals surface area (Å²) in [6.07, 6.45) is 0. The predicted octanol–water partition coefficient (Wildman–Crippen LogP) is 1.75. The van der Waals surface area contributed by atoms with Gasteiger partial charge in [0, 0.05) is 19.6 Å². The van der Waals surface area contributed by atoms with Crippen molar-refractivity contribution >= 4 is 17.3 Å². The summed E-state index contributed by atoms with van der Waals surface area (Å²) in [7, 11) is 0. The van der Waals surface area contributed by atoms with Gasteiger partial charge in [-0.3, -0.25) is 4.90 Å². The maximum Gasteiger partial charge on any atom is 0.0638 e. The minimum absolute atomic E-state index is 0.640. The Morgan fingerprint density at radius 3 is 2.73 bits per heavy atom. The molecule has 4 heteroatoms. The molecule has 0 bridgehead atoms. The smallest absolute Gasteiger partial charge is 0.0638 e. The van der Waals surface area contributed by atoms with Crippen molar-refractivity contribution in [2.24, 2.45) is 0 Å². The molecule has 0 unspecified atom stereocenters. The van der Waals surface area contributed by atoms with Crippen LogP contribution in [0.1, 0.15) is 5.56 Å². The number of hydrogen-bond acceptors (Lipinski definition) is 3. The zero-order valence-electron chi connectivity index (χ0n) is 8.58. The SMILES string of the molecule is Nc1ccc(CN2CCOCC2)cc1Cl. The normalized spacial score (nSPS) is 17.9. The fraction of sp³-hybridized carbons (Fsp3) is 0.455. The number of benzene rings is 1. The molecule has 0 aromatic heterocycles. The van der Waals surface area contributed by atoms with Crippen molar-refractivity contribution in [3.8, 4) is 0 Å². The average molecular weight is 227 g/mol. The summed E-state index contributed by atoms with van der Waals surface area (Å²) < 4.78 is 5.29. The van der Waals surface area contributed by atoms with Gasteiger partial charge >= 0.3 is 0 Å². The lowest BCUT2D eigenvalue weighted by molar-refractivity contribution is 0.0342. The molecule has 15 heavy (non-hydrogen) atoms. The molecule has 0 atom stereocenters. The standard InChI is InChI=1S/C11H15ClN2O/c12-10-7-9(1-2-11(10)13)8-14-3-5-15-6-4-14/h1-2,7H,3-6,8,13H2.